The van der Waals surface area contributed by atoms with Gasteiger partial charge in [0.25, 0.3) is 0 Å². The highest BCUT2D eigenvalue weighted by atomic mass is 14.1. The highest BCUT2D eigenvalue weighted by molar-refractivity contribution is 5.64. The van der Waals surface area contributed by atoms with E-state index in [0.29, 0.717) is 5.92 Å². The molecule has 76 valence electrons. The molecule has 0 nitrogen and oxygen atoms in total. The van der Waals surface area contributed by atoms with Crippen LogP contribution in [0.2, 0.25) is 0 Å². The van der Waals surface area contributed by atoms with E-state index in [4.69, 9.17) is 0 Å². The van der Waals surface area contributed by atoms with Crippen LogP contribution in [0, 0.1) is 5.92 Å². The lowest BCUT2D eigenvalue weighted by Gasteiger charge is -2.17. The predicted octanol–water partition coefficient (Wildman–Crippen LogP) is 4.53. The van der Waals surface area contributed by atoms with E-state index >= 15 is 0 Å². The third kappa shape index (κ3) is 2.73. The molecule has 0 N–H and O–H groups in total. The van der Waals surface area contributed by atoms with Crippen molar-refractivity contribution < 1.29 is 0 Å². The Hall–Kier alpha value is -1.04. The summed E-state index contributed by atoms with van der Waals surface area (Å²) >= 11 is 0. The molecule has 0 saturated heterocycles. The summed E-state index contributed by atoms with van der Waals surface area (Å²) in [5.41, 5.74) is 2.60. The first-order valence-electron chi connectivity index (χ1n) is 5.53. The maximum atomic E-state index is 4.21. The highest BCUT2D eigenvalue weighted by Gasteiger charge is 2.10. The molecule has 0 bridgehead atoms. The monoisotopic (exact) mass is 188 g/mol. The van der Waals surface area contributed by atoms with Crippen molar-refractivity contribution in [1.82, 2.24) is 0 Å². The normalized spacial score (nSPS) is 12.4. The number of benzene rings is 1. The minimum absolute atomic E-state index is 0.655. The van der Waals surface area contributed by atoms with Gasteiger partial charge in [-0.2, -0.15) is 0 Å². The molecule has 0 heterocycles. The number of rotatable bonds is 5. The summed E-state index contributed by atoms with van der Waals surface area (Å²) in [4.78, 5) is 0. The van der Waals surface area contributed by atoms with Gasteiger partial charge >= 0.3 is 0 Å². The lowest BCUT2D eigenvalue weighted by atomic mass is 9.88. The molecular formula is C14H20. The van der Waals surface area contributed by atoms with E-state index in [1.165, 1.54) is 30.4 Å². The number of allylic oxidation sites excluding steroid dienone is 1. The zero-order chi connectivity index (χ0) is 10.4. The van der Waals surface area contributed by atoms with Gasteiger partial charge in [0.1, 0.15) is 0 Å². The molecule has 0 aliphatic heterocycles. The van der Waals surface area contributed by atoms with Crippen molar-refractivity contribution in [3.63, 3.8) is 0 Å². The SMILES string of the molecule is C=C(c1ccccc1)C(CC)CCC. The molecule has 1 unspecified atom stereocenters. The summed E-state index contributed by atoms with van der Waals surface area (Å²) in [6.07, 6.45) is 3.69. The molecule has 0 spiro atoms. The quantitative estimate of drug-likeness (QED) is 0.637. The first-order valence-corrected chi connectivity index (χ1v) is 5.53. The Labute approximate surface area is 87.7 Å². The largest absolute Gasteiger partial charge is 0.0950 e. The van der Waals surface area contributed by atoms with Gasteiger partial charge in [0, 0.05) is 0 Å². The second-order valence-electron chi connectivity index (χ2n) is 3.79. The average molecular weight is 188 g/mol. The van der Waals surface area contributed by atoms with Crippen LogP contribution in [0.3, 0.4) is 0 Å². The van der Waals surface area contributed by atoms with E-state index in [1.54, 1.807) is 0 Å². The van der Waals surface area contributed by atoms with Crippen LogP contribution in [0.25, 0.3) is 5.57 Å². The number of hydrogen-bond donors (Lipinski definition) is 0. The van der Waals surface area contributed by atoms with Crippen molar-refractivity contribution in [3.05, 3.63) is 42.5 Å². The van der Waals surface area contributed by atoms with Crippen molar-refractivity contribution in [2.45, 2.75) is 33.1 Å². The summed E-state index contributed by atoms with van der Waals surface area (Å²) in [5, 5.41) is 0. The summed E-state index contributed by atoms with van der Waals surface area (Å²) < 4.78 is 0. The molecule has 0 saturated carbocycles. The third-order valence-corrected chi connectivity index (χ3v) is 2.77. The fourth-order valence-electron chi connectivity index (χ4n) is 1.86. The summed E-state index contributed by atoms with van der Waals surface area (Å²) in [6.45, 7) is 8.70. The Morgan fingerprint density at radius 3 is 2.36 bits per heavy atom. The van der Waals surface area contributed by atoms with Crippen molar-refractivity contribution in [2.24, 2.45) is 5.92 Å². The Bertz CT molecular complexity index is 271. The molecule has 1 rings (SSSR count). The molecule has 1 aromatic rings. The molecule has 0 radical (unpaired) electrons. The predicted molar refractivity (Wildman–Crippen MR) is 64.2 cm³/mol. The van der Waals surface area contributed by atoms with Gasteiger partial charge in [0.2, 0.25) is 0 Å². The molecule has 0 aromatic heterocycles. The van der Waals surface area contributed by atoms with Crippen molar-refractivity contribution in [2.75, 3.05) is 0 Å². The van der Waals surface area contributed by atoms with Crippen LogP contribution in [0.15, 0.2) is 36.9 Å². The standard InChI is InChI=1S/C14H20/c1-4-9-13(5-2)12(3)14-10-7-6-8-11-14/h6-8,10-11,13H,3-5,9H2,1-2H3. The second kappa shape index (κ2) is 5.64. The summed E-state index contributed by atoms with van der Waals surface area (Å²) in [5.74, 6) is 0.655. The molecule has 0 aliphatic rings. The van der Waals surface area contributed by atoms with E-state index in [9.17, 15) is 0 Å². The minimum atomic E-state index is 0.655. The van der Waals surface area contributed by atoms with Crippen molar-refractivity contribution in [3.8, 4) is 0 Å². The molecule has 0 fully saturated rings. The Kier molecular flexibility index (Phi) is 4.45. The molecule has 0 heteroatoms. The highest BCUT2D eigenvalue weighted by Crippen LogP contribution is 2.27. The van der Waals surface area contributed by atoms with Crippen LogP contribution < -0.4 is 0 Å². The number of hydrogen-bond acceptors (Lipinski definition) is 0. The fraction of sp³-hybridized carbons (Fsp3) is 0.429. The van der Waals surface area contributed by atoms with Crippen molar-refractivity contribution in [1.29, 1.82) is 0 Å². The van der Waals surface area contributed by atoms with Gasteiger partial charge in [0.05, 0.1) is 0 Å². The van der Waals surface area contributed by atoms with Gasteiger partial charge in [-0.15, -0.1) is 0 Å². The molecule has 0 amide bonds. The van der Waals surface area contributed by atoms with Gasteiger partial charge in [-0.25, -0.2) is 0 Å². The van der Waals surface area contributed by atoms with E-state index in [0.717, 1.165) is 0 Å². The Morgan fingerprint density at radius 2 is 1.86 bits per heavy atom. The van der Waals surface area contributed by atoms with Crippen LogP contribution in [0.1, 0.15) is 38.7 Å². The smallest absolute Gasteiger partial charge is 0.0165 e. The van der Waals surface area contributed by atoms with E-state index in [1.807, 2.05) is 0 Å². The zero-order valence-corrected chi connectivity index (χ0v) is 9.29. The van der Waals surface area contributed by atoms with Gasteiger partial charge in [0.15, 0.2) is 0 Å². The van der Waals surface area contributed by atoms with Crippen LogP contribution in [0.5, 0.6) is 0 Å². The van der Waals surface area contributed by atoms with Crippen molar-refractivity contribution >= 4 is 5.57 Å². The first-order chi connectivity index (χ1) is 6.79. The van der Waals surface area contributed by atoms with Gasteiger partial charge < -0.3 is 0 Å². The summed E-state index contributed by atoms with van der Waals surface area (Å²) in [7, 11) is 0. The third-order valence-electron chi connectivity index (χ3n) is 2.77. The molecular weight excluding hydrogens is 168 g/mol. The van der Waals surface area contributed by atoms with Crippen LogP contribution >= 0.6 is 0 Å². The fourth-order valence-corrected chi connectivity index (χ4v) is 1.86. The molecule has 1 aromatic carbocycles. The van der Waals surface area contributed by atoms with Crippen LogP contribution in [-0.2, 0) is 0 Å². The molecule has 0 aliphatic carbocycles. The lowest BCUT2D eigenvalue weighted by Crippen LogP contribution is -2.00. The molecule has 14 heavy (non-hydrogen) atoms. The van der Waals surface area contributed by atoms with Gasteiger partial charge in [-0.3, -0.25) is 0 Å². The van der Waals surface area contributed by atoms with E-state index in [2.05, 4.69) is 50.8 Å². The minimum Gasteiger partial charge on any atom is -0.0950 e. The summed E-state index contributed by atoms with van der Waals surface area (Å²) in [6, 6.07) is 10.5. The molecule has 1 atom stereocenters. The Morgan fingerprint density at radius 1 is 1.21 bits per heavy atom. The zero-order valence-electron chi connectivity index (χ0n) is 9.29. The van der Waals surface area contributed by atoms with E-state index in [-0.39, 0.29) is 0 Å². The topological polar surface area (TPSA) is 0 Å². The van der Waals surface area contributed by atoms with Gasteiger partial charge in [-0.1, -0.05) is 57.2 Å². The van der Waals surface area contributed by atoms with Crippen LogP contribution in [-0.4, -0.2) is 0 Å². The lowest BCUT2D eigenvalue weighted by molar-refractivity contribution is 0.579. The second-order valence-corrected chi connectivity index (χ2v) is 3.79. The maximum Gasteiger partial charge on any atom is -0.0165 e. The first kappa shape index (κ1) is 11.0. The van der Waals surface area contributed by atoms with E-state index < -0.39 is 0 Å². The average Bonchev–Trinajstić information content (AvgIpc) is 2.26. The maximum absolute atomic E-state index is 4.21. The van der Waals surface area contributed by atoms with Gasteiger partial charge in [-0.05, 0) is 29.9 Å². The van der Waals surface area contributed by atoms with Crippen LogP contribution in [0.4, 0.5) is 0 Å². The Balaban J connectivity index is 2.73.